The van der Waals surface area contributed by atoms with Gasteiger partial charge in [-0.1, -0.05) is 78.0 Å². The third kappa shape index (κ3) is 5.12. The fourth-order valence-corrected chi connectivity index (χ4v) is 5.74. The number of imidazole rings is 1. The van der Waals surface area contributed by atoms with Gasteiger partial charge >= 0.3 is 0 Å². The van der Waals surface area contributed by atoms with Gasteiger partial charge in [0.15, 0.2) is 5.16 Å². The third-order valence-electron chi connectivity index (χ3n) is 6.63. The number of furan rings is 1. The highest BCUT2D eigenvalue weighted by Gasteiger charge is 2.35. The maximum absolute atomic E-state index is 13.6. The molecule has 1 amide bonds. The number of rotatable bonds is 8. The molecule has 5 aromatic rings. The zero-order chi connectivity index (χ0) is 25.9. The van der Waals surface area contributed by atoms with Crippen molar-refractivity contribution in [2.24, 2.45) is 5.10 Å². The highest BCUT2D eigenvalue weighted by molar-refractivity contribution is 7.99. The average Bonchev–Trinajstić information content (AvgIpc) is 3.70. The van der Waals surface area contributed by atoms with Gasteiger partial charge in [0.25, 0.3) is 5.91 Å². The lowest BCUT2D eigenvalue weighted by atomic mass is 10.0. The minimum absolute atomic E-state index is 0.0953. The summed E-state index contributed by atoms with van der Waals surface area (Å²) in [5.41, 5.74) is 5.03. The van der Waals surface area contributed by atoms with Crippen LogP contribution in [0.4, 0.5) is 0 Å². The SMILES string of the molecule is O=C(CSc1nc2ccccc2n1CCc1ccccc1)N1N=C(c2ccc(Cl)cc2)C[C@H]1c1ccco1. The Labute approximate surface area is 229 Å². The van der Waals surface area contributed by atoms with Gasteiger partial charge in [0.1, 0.15) is 11.8 Å². The first-order valence-electron chi connectivity index (χ1n) is 12.5. The van der Waals surface area contributed by atoms with E-state index in [1.165, 1.54) is 17.3 Å². The molecule has 2 aromatic heterocycles. The van der Waals surface area contributed by atoms with Crippen LogP contribution in [0, 0.1) is 0 Å². The molecule has 0 fully saturated rings. The van der Waals surface area contributed by atoms with Gasteiger partial charge in [-0.25, -0.2) is 9.99 Å². The van der Waals surface area contributed by atoms with Crippen LogP contribution < -0.4 is 0 Å². The Bertz CT molecular complexity index is 1580. The van der Waals surface area contributed by atoms with E-state index in [1.807, 2.05) is 60.7 Å². The third-order valence-corrected chi connectivity index (χ3v) is 7.84. The molecule has 0 saturated heterocycles. The van der Waals surface area contributed by atoms with Crippen molar-refractivity contribution in [3.8, 4) is 0 Å². The fraction of sp³-hybridized carbons (Fsp3) is 0.167. The molecule has 6 nitrogen and oxygen atoms in total. The predicted octanol–water partition coefficient (Wildman–Crippen LogP) is 7.00. The van der Waals surface area contributed by atoms with E-state index < -0.39 is 0 Å². The van der Waals surface area contributed by atoms with E-state index in [1.54, 1.807) is 11.3 Å². The first-order chi connectivity index (χ1) is 18.7. The quantitative estimate of drug-likeness (QED) is 0.199. The van der Waals surface area contributed by atoms with Gasteiger partial charge in [0.2, 0.25) is 0 Å². The normalized spacial score (nSPS) is 15.2. The summed E-state index contributed by atoms with van der Waals surface area (Å²) >= 11 is 7.52. The van der Waals surface area contributed by atoms with Crippen LogP contribution in [0.3, 0.4) is 0 Å². The van der Waals surface area contributed by atoms with E-state index in [2.05, 4.69) is 34.9 Å². The lowest BCUT2D eigenvalue weighted by Crippen LogP contribution is -2.28. The number of carbonyl (C=O) groups excluding carboxylic acids is 1. The highest BCUT2D eigenvalue weighted by atomic mass is 35.5. The number of halogens is 1. The number of fused-ring (bicyclic) bond motifs is 1. The van der Waals surface area contributed by atoms with Crippen LogP contribution in [-0.2, 0) is 17.8 Å². The minimum Gasteiger partial charge on any atom is -0.467 e. The summed E-state index contributed by atoms with van der Waals surface area (Å²) in [6.45, 7) is 0.776. The van der Waals surface area contributed by atoms with Crippen molar-refractivity contribution in [1.82, 2.24) is 14.6 Å². The largest absolute Gasteiger partial charge is 0.467 e. The van der Waals surface area contributed by atoms with Crippen molar-refractivity contribution in [3.63, 3.8) is 0 Å². The van der Waals surface area contributed by atoms with Gasteiger partial charge in [-0.2, -0.15) is 5.10 Å². The Morgan fingerprint density at radius 3 is 2.55 bits per heavy atom. The number of hydrogen-bond donors (Lipinski definition) is 0. The van der Waals surface area contributed by atoms with Gasteiger partial charge in [-0.15, -0.1) is 0 Å². The number of benzene rings is 3. The molecule has 0 N–H and O–H groups in total. The number of thioether (sulfide) groups is 1. The van der Waals surface area contributed by atoms with Gasteiger partial charge < -0.3 is 8.98 Å². The number of aromatic nitrogens is 2. The molecule has 0 bridgehead atoms. The first-order valence-corrected chi connectivity index (χ1v) is 13.8. The van der Waals surface area contributed by atoms with Crippen molar-refractivity contribution < 1.29 is 9.21 Å². The zero-order valence-electron chi connectivity index (χ0n) is 20.5. The molecule has 1 aliphatic rings. The Balaban J connectivity index is 1.23. The number of para-hydroxylation sites is 2. The lowest BCUT2D eigenvalue weighted by molar-refractivity contribution is -0.130. The maximum atomic E-state index is 13.6. The second-order valence-electron chi connectivity index (χ2n) is 9.09. The van der Waals surface area contributed by atoms with Crippen LogP contribution in [0.5, 0.6) is 0 Å². The zero-order valence-corrected chi connectivity index (χ0v) is 22.1. The molecule has 38 heavy (non-hydrogen) atoms. The summed E-state index contributed by atoms with van der Waals surface area (Å²) < 4.78 is 7.89. The van der Waals surface area contributed by atoms with Crippen molar-refractivity contribution >= 4 is 46.0 Å². The van der Waals surface area contributed by atoms with Crippen LogP contribution in [0.2, 0.25) is 5.02 Å². The number of aryl methyl sites for hydroxylation is 2. The van der Waals surface area contributed by atoms with Gasteiger partial charge in [0, 0.05) is 18.0 Å². The molecule has 1 atom stereocenters. The molecule has 6 rings (SSSR count). The Hall–Kier alpha value is -3.81. The summed E-state index contributed by atoms with van der Waals surface area (Å²) in [5.74, 6) is 0.830. The molecule has 0 saturated carbocycles. The summed E-state index contributed by atoms with van der Waals surface area (Å²) in [7, 11) is 0. The molecule has 190 valence electrons. The molecule has 3 heterocycles. The number of hydrazone groups is 1. The Kier molecular flexibility index (Phi) is 7.03. The van der Waals surface area contributed by atoms with Crippen LogP contribution >= 0.6 is 23.4 Å². The van der Waals surface area contributed by atoms with Gasteiger partial charge in [-0.3, -0.25) is 4.79 Å². The standard InChI is InChI=1S/C30H25ClN4O2S/c31-23-14-12-22(13-15-23)25-19-27(28-11-6-18-37-28)35(33-25)29(36)20-38-30-32-24-9-4-5-10-26(24)34(30)17-16-21-7-2-1-3-8-21/h1-15,18,27H,16-17,19-20H2/t27-/m0/s1. The topological polar surface area (TPSA) is 63.6 Å². The molecular formula is C30H25ClN4O2S. The monoisotopic (exact) mass is 540 g/mol. The molecule has 3 aromatic carbocycles. The number of nitrogens with zero attached hydrogens (tertiary/aromatic N) is 4. The van der Waals surface area contributed by atoms with Crippen molar-refractivity contribution in [3.05, 3.63) is 119 Å². The average molecular weight is 541 g/mol. The number of hydrogen-bond acceptors (Lipinski definition) is 5. The molecule has 8 heteroatoms. The van der Waals surface area contributed by atoms with Gasteiger partial charge in [-0.05, 0) is 53.9 Å². The van der Waals surface area contributed by atoms with Crippen LogP contribution in [0.25, 0.3) is 11.0 Å². The number of amides is 1. The smallest absolute Gasteiger partial charge is 0.253 e. The van der Waals surface area contributed by atoms with E-state index in [9.17, 15) is 4.79 Å². The molecule has 0 aliphatic carbocycles. The Morgan fingerprint density at radius 1 is 0.974 bits per heavy atom. The predicted molar refractivity (Wildman–Crippen MR) is 152 cm³/mol. The second-order valence-corrected chi connectivity index (χ2v) is 10.5. The van der Waals surface area contributed by atoms with Gasteiger partial charge in [0.05, 0.1) is 28.8 Å². The first kappa shape index (κ1) is 24.5. The minimum atomic E-state index is -0.291. The number of carbonyl (C=O) groups is 1. The van der Waals surface area contributed by atoms with Crippen molar-refractivity contribution in [1.29, 1.82) is 0 Å². The molecule has 1 aliphatic heterocycles. The van der Waals surface area contributed by atoms with E-state index in [4.69, 9.17) is 26.1 Å². The second kappa shape index (κ2) is 10.9. The summed E-state index contributed by atoms with van der Waals surface area (Å²) in [4.78, 5) is 18.4. The van der Waals surface area contributed by atoms with Crippen LogP contribution in [-0.4, -0.2) is 31.9 Å². The molecule has 0 radical (unpaired) electrons. The molecular weight excluding hydrogens is 516 g/mol. The summed E-state index contributed by atoms with van der Waals surface area (Å²) in [5, 5.41) is 7.78. The van der Waals surface area contributed by atoms with Crippen LogP contribution in [0.1, 0.15) is 29.3 Å². The van der Waals surface area contributed by atoms with E-state index in [0.29, 0.717) is 17.2 Å². The lowest BCUT2D eigenvalue weighted by Gasteiger charge is -2.19. The fourth-order valence-electron chi connectivity index (χ4n) is 4.72. The summed E-state index contributed by atoms with van der Waals surface area (Å²) in [6.07, 6.45) is 3.08. The van der Waals surface area contributed by atoms with E-state index >= 15 is 0 Å². The Morgan fingerprint density at radius 2 is 1.76 bits per heavy atom. The highest BCUT2D eigenvalue weighted by Crippen LogP contribution is 2.34. The van der Waals surface area contributed by atoms with Crippen molar-refractivity contribution in [2.75, 3.05) is 5.75 Å². The van der Waals surface area contributed by atoms with E-state index in [0.717, 1.165) is 40.4 Å². The van der Waals surface area contributed by atoms with E-state index in [-0.39, 0.29) is 17.7 Å². The molecule has 0 spiro atoms. The van der Waals surface area contributed by atoms with Crippen LogP contribution in [0.15, 0.2) is 112 Å². The van der Waals surface area contributed by atoms with Crippen molar-refractivity contribution in [2.45, 2.75) is 30.6 Å². The summed E-state index contributed by atoms with van der Waals surface area (Å²) in [6, 6.07) is 29.5. The molecule has 0 unspecified atom stereocenters. The maximum Gasteiger partial charge on any atom is 0.253 e.